The van der Waals surface area contributed by atoms with E-state index in [1.807, 2.05) is 7.05 Å². The van der Waals surface area contributed by atoms with E-state index in [1.165, 1.54) is 43.6 Å². The van der Waals surface area contributed by atoms with Crippen molar-refractivity contribution in [3.05, 3.63) is 11.4 Å². The third-order valence-electron chi connectivity index (χ3n) is 4.30. The van der Waals surface area contributed by atoms with Crippen LogP contribution in [0, 0.1) is 12.8 Å². The molecule has 1 heterocycles. The van der Waals surface area contributed by atoms with Gasteiger partial charge in [-0.2, -0.15) is 0 Å². The number of rotatable bonds is 6. The largest absolute Gasteiger partial charge is 0.373 e. The molecule has 0 aliphatic heterocycles. The first kappa shape index (κ1) is 13.7. The fourth-order valence-corrected chi connectivity index (χ4v) is 2.68. The van der Waals surface area contributed by atoms with Gasteiger partial charge in [-0.05, 0) is 38.5 Å². The summed E-state index contributed by atoms with van der Waals surface area (Å²) >= 11 is 0. The predicted octanol–water partition coefficient (Wildman–Crippen LogP) is 3.33. The molecule has 0 aromatic carbocycles. The number of aromatic nitrogens is 2. The van der Waals surface area contributed by atoms with Gasteiger partial charge < -0.3 is 10.2 Å². The highest BCUT2D eigenvalue weighted by Crippen LogP contribution is 2.39. The summed E-state index contributed by atoms with van der Waals surface area (Å²) in [6, 6.07) is 0.717. The molecule has 2 aliphatic rings. The molecule has 1 aromatic heterocycles. The third kappa shape index (κ3) is 2.74. The van der Waals surface area contributed by atoms with Crippen molar-refractivity contribution in [3.8, 4) is 0 Å². The Hall–Kier alpha value is -1.32. The van der Waals surface area contributed by atoms with Gasteiger partial charge in [-0.3, -0.25) is 0 Å². The minimum absolute atomic E-state index is 0.364. The van der Waals surface area contributed by atoms with E-state index in [9.17, 15) is 0 Å². The molecule has 20 heavy (non-hydrogen) atoms. The second-order valence-electron chi connectivity index (χ2n) is 6.61. The molecule has 110 valence electrons. The summed E-state index contributed by atoms with van der Waals surface area (Å²) in [7, 11) is 1.95. The van der Waals surface area contributed by atoms with E-state index in [-0.39, 0.29) is 0 Å². The number of hydrogen-bond donors (Lipinski definition) is 1. The van der Waals surface area contributed by atoms with Gasteiger partial charge in [0, 0.05) is 31.1 Å². The van der Waals surface area contributed by atoms with E-state index in [0.717, 1.165) is 17.6 Å². The summed E-state index contributed by atoms with van der Waals surface area (Å²) in [5, 5.41) is 3.24. The highest BCUT2D eigenvalue weighted by molar-refractivity contribution is 5.59. The van der Waals surface area contributed by atoms with Crippen LogP contribution in [0.5, 0.6) is 0 Å². The van der Waals surface area contributed by atoms with Crippen LogP contribution in [0.1, 0.15) is 56.8 Å². The summed E-state index contributed by atoms with van der Waals surface area (Å²) in [5.41, 5.74) is 1.20. The molecule has 0 spiro atoms. The maximum absolute atomic E-state index is 4.90. The summed E-state index contributed by atoms with van der Waals surface area (Å²) in [5.74, 6) is 4.37. The Morgan fingerprint density at radius 3 is 2.40 bits per heavy atom. The summed E-state index contributed by atoms with van der Waals surface area (Å²) in [4.78, 5) is 12.1. The average molecular weight is 274 g/mol. The molecule has 3 rings (SSSR count). The lowest BCUT2D eigenvalue weighted by Crippen LogP contribution is -2.30. The van der Waals surface area contributed by atoms with Crippen molar-refractivity contribution in [3.63, 3.8) is 0 Å². The molecule has 1 aromatic rings. The molecule has 0 unspecified atom stereocenters. The topological polar surface area (TPSA) is 41.1 Å². The van der Waals surface area contributed by atoms with Gasteiger partial charge in [0.05, 0.1) is 0 Å². The van der Waals surface area contributed by atoms with E-state index in [2.05, 4.69) is 36.0 Å². The fourth-order valence-electron chi connectivity index (χ4n) is 2.68. The molecule has 0 atom stereocenters. The van der Waals surface area contributed by atoms with Crippen molar-refractivity contribution < 1.29 is 0 Å². The Morgan fingerprint density at radius 2 is 1.90 bits per heavy atom. The van der Waals surface area contributed by atoms with Gasteiger partial charge in [0.2, 0.25) is 0 Å². The second-order valence-corrected chi connectivity index (χ2v) is 6.61. The molecule has 0 saturated heterocycles. The maximum atomic E-state index is 4.90. The lowest BCUT2D eigenvalue weighted by Gasteiger charge is -2.27. The van der Waals surface area contributed by atoms with Crippen LogP contribution < -0.4 is 10.2 Å². The van der Waals surface area contributed by atoms with E-state index >= 15 is 0 Å². The Kier molecular flexibility index (Phi) is 3.57. The van der Waals surface area contributed by atoms with E-state index in [1.54, 1.807) is 0 Å². The maximum Gasteiger partial charge on any atom is 0.137 e. The van der Waals surface area contributed by atoms with Gasteiger partial charge in [0.25, 0.3) is 0 Å². The van der Waals surface area contributed by atoms with Crippen molar-refractivity contribution in [2.24, 2.45) is 5.92 Å². The van der Waals surface area contributed by atoms with Crippen LogP contribution in [-0.4, -0.2) is 29.6 Å². The van der Waals surface area contributed by atoms with Crippen molar-refractivity contribution in [1.82, 2.24) is 9.97 Å². The molecule has 0 amide bonds. The van der Waals surface area contributed by atoms with E-state index in [0.29, 0.717) is 12.0 Å². The van der Waals surface area contributed by atoms with E-state index < -0.39 is 0 Å². The summed E-state index contributed by atoms with van der Waals surface area (Å²) in [6.45, 7) is 7.66. The SMILES string of the molecule is CNc1nc(C(C)C)nc(N(CC2CC2)C2CC2)c1C. The van der Waals surface area contributed by atoms with Crippen molar-refractivity contribution in [1.29, 1.82) is 0 Å². The smallest absolute Gasteiger partial charge is 0.137 e. The van der Waals surface area contributed by atoms with Crippen LogP contribution in [0.25, 0.3) is 0 Å². The van der Waals surface area contributed by atoms with Crippen LogP contribution in [-0.2, 0) is 0 Å². The number of hydrogen-bond acceptors (Lipinski definition) is 4. The molecule has 2 saturated carbocycles. The van der Waals surface area contributed by atoms with Crippen molar-refractivity contribution >= 4 is 11.6 Å². The fraction of sp³-hybridized carbons (Fsp3) is 0.750. The standard InChI is InChI=1S/C16H26N4/c1-10(2)14-18-15(17-4)11(3)16(19-14)20(13-7-8-13)9-12-5-6-12/h10,12-13H,5-9H2,1-4H3,(H,17,18,19). The molecule has 1 N–H and O–H groups in total. The summed E-state index contributed by atoms with van der Waals surface area (Å²) < 4.78 is 0. The molecular weight excluding hydrogens is 248 g/mol. The van der Waals surface area contributed by atoms with E-state index in [4.69, 9.17) is 4.98 Å². The number of nitrogens with zero attached hydrogens (tertiary/aromatic N) is 3. The van der Waals surface area contributed by atoms with Gasteiger partial charge in [-0.1, -0.05) is 13.8 Å². The van der Waals surface area contributed by atoms with Gasteiger partial charge in [-0.15, -0.1) is 0 Å². The molecule has 2 aliphatic carbocycles. The highest BCUT2D eigenvalue weighted by atomic mass is 15.3. The van der Waals surface area contributed by atoms with Crippen molar-refractivity contribution in [2.75, 3.05) is 23.8 Å². The Morgan fingerprint density at radius 1 is 1.20 bits per heavy atom. The zero-order valence-corrected chi connectivity index (χ0v) is 13.1. The Bertz CT molecular complexity index is 489. The third-order valence-corrected chi connectivity index (χ3v) is 4.30. The van der Waals surface area contributed by atoms with Gasteiger partial charge in [0.15, 0.2) is 0 Å². The summed E-state index contributed by atoms with van der Waals surface area (Å²) in [6.07, 6.45) is 5.43. The van der Waals surface area contributed by atoms with Gasteiger partial charge >= 0.3 is 0 Å². The van der Waals surface area contributed by atoms with Gasteiger partial charge in [0.1, 0.15) is 17.5 Å². The zero-order chi connectivity index (χ0) is 14.3. The number of nitrogens with one attached hydrogen (secondary N) is 1. The van der Waals surface area contributed by atoms with Crippen LogP contribution in [0.2, 0.25) is 0 Å². The first-order valence-corrected chi connectivity index (χ1v) is 7.93. The molecule has 2 fully saturated rings. The van der Waals surface area contributed by atoms with Crippen LogP contribution in [0.15, 0.2) is 0 Å². The van der Waals surface area contributed by atoms with Crippen LogP contribution >= 0.6 is 0 Å². The highest BCUT2D eigenvalue weighted by Gasteiger charge is 2.35. The Balaban J connectivity index is 1.97. The molecule has 0 bridgehead atoms. The second kappa shape index (κ2) is 5.23. The van der Waals surface area contributed by atoms with Crippen LogP contribution in [0.3, 0.4) is 0 Å². The zero-order valence-electron chi connectivity index (χ0n) is 13.1. The van der Waals surface area contributed by atoms with Crippen molar-refractivity contribution in [2.45, 2.75) is 58.4 Å². The lowest BCUT2D eigenvalue weighted by atomic mass is 10.2. The normalized spacial score (nSPS) is 18.4. The molecule has 4 heteroatoms. The average Bonchev–Trinajstić information content (AvgIpc) is 3.28. The van der Waals surface area contributed by atoms with Gasteiger partial charge in [-0.25, -0.2) is 9.97 Å². The van der Waals surface area contributed by atoms with Crippen LogP contribution in [0.4, 0.5) is 11.6 Å². The minimum atomic E-state index is 0.364. The molecule has 0 radical (unpaired) electrons. The monoisotopic (exact) mass is 274 g/mol. The Labute approximate surface area is 122 Å². The first-order valence-electron chi connectivity index (χ1n) is 7.93. The quantitative estimate of drug-likeness (QED) is 0.864. The first-order chi connectivity index (χ1) is 9.60. The molecular formula is C16H26N4. The lowest BCUT2D eigenvalue weighted by molar-refractivity contribution is 0.691. The number of anilines is 2. The minimum Gasteiger partial charge on any atom is -0.373 e. The predicted molar refractivity (Wildman–Crippen MR) is 83.5 cm³/mol. The molecule has 4 nitrogen and oxygen atoms in total.